The number of piperazine rings is 1. The van der Waals surface area contributed by atoms with Crippen molar-refractivity contribution < 1.29 is 21.1 Å². The molecule has 3 fully saturated rings. The Bertz CT molecular complexity index is 1370. The van der Waals surface area contributed by atoms with Gasteiger partial charge in [0.15, 0.2) is 0 Å². The van der Waals surface area contributed by atoms with Gasteiger partial charge in [-0.05, 0) is 60.6 Å². The van der Waals surface area contributed by atoms with Crippen LogP contribution in [0.1, 0.15) is 51.7 Å². The molecule has 0 unspecified atom stereocenters. The predicted octanol–water partition coefficient (Wildman–Crippen LogP) is 4.19. The van der Waals surface area contributed by atoms with Crippen LogP contribution >= 0.6 is 11.6 Å². The number of rotatable bonds is 8. The van der Waals surface area contributed by atoms with E-state index in [1.165, 1.54) is 6.20 Å². The van der Waals surface area contributed by atoms with Crippen LogP contribution in [0.2, 0.25) is 5.02 Å². The van der Waals surface area contributed by atoms with Crippen molar-refractivity contribution in [2.75, 3.05) is 38.0 Å². The third kappa shape index (κ3) is 6.70. The molecular formula is C29H33ClF2N6O2. The minimum atomic E-state index is -2.64. The number of halogens is 3. The van der Waals surface area contributed by atoms with E-state index in [0.717, 1.165) is 0 Å². The van der Waals surface area contributed by atoms with Gasteiger partial charge >= 0.3 is 0 Å². The number of nitriles is 1. The Labute approximate surface area is 240 Å². The number of carbonyl (C=O) groups is 2. The summed E-state index contributed by atoms with van der Waals surface area (Å²) in [6.45, 7) is -0.624. The fourth-order valence-electron chi connectivity index (χ4n) is 5.56. The zero-order chi connectivity index (χ0) is 30.1. The first-order valence-electron chi connectivity index (χ1n) is 14.5. The standard InChI is InChI=1S/C29H33ClF2N6O2/c30-22-2-4-25(35-17-23-3-1-20(15-33)16-34-23)21(13-22)19-37-9-11-38(12-10-37)26(39)18-36-27(40)24-14-28(24)5-7-29(31,32)8-6-28/h1-4,13,16,24,35H,5-12,14,17-19H2,(H,36,40)/t24-/m0/s1/i19D2. The number of hydrogen-bond donors (Lipinski definition) is 2. The quantitative estimate of drug-likeness (QED) is 0.492. The molecule has 1 aromatic carbocycles. The summed E-state index contributed by atoms with van der Waals surface area (Å²) in [5.41, 5.74) is 1.71. The Balaban J connectivity index is 1.13. The number of amides is 2. The number of benzene rings is 1. The molecule has 0 bridgehead atoms. The lowest BCUT2D eigenvalue weighted by Gasteiger charge is -2.35. The summed E-state index contributed by atoms with van der Waals surface area (Å²) in [7, 11) is 0. The second-order valence-corrected chi connectivity index (χ2v) is 11.3. The molecule has 2 aromatic rings. The molecule has 1 aromatic heterocycles. The van der Waals surface area contributed by atoms with Gasteiger partial charge in [-0.2, -0.15) is 5.26 Å². The number of aromatic nitrogens is 1. The topological polar surface area (TPSA) is 101 Å². The molecule has 212 valence electrons. The van der Waals surface area contributed by atoms with Gasteiger partial charge in [0.2, 0.25) is 17.7 Å². The molecule has 2 heterocycles. The number of nitrogens with zero attached hydrogens (tertiary/aromatic N) is 4. The second-order valence-electron chi connectivity index (χ2n) is 10.9. The third-order valence-corrected chi connectivity index (χ3v) is 8.44. The first-order valence-corrected chi connectivity index (χ1v) is 13.9. The van der Waals surface area contributed by atoms with Crippen LogP contribution in [-0.2, 0) is 22.6 Å². The molecule has 5 rings (SSSR count). The monoisotopic (exact) mass is 572 g/mol. The molecule has 8 nitrogen and oxygen atoms in total. The van der Waals surface area contributed by atoms with E-state index in [1.807, 2.05) is 6.07 Å². The van der Waals surface area contributed by atoms with Gasteiger partial charge < -0.3 is 15.5 Å². The Morgan fingerprint density at radius 3 is 2.58 bits per heavy atom. The van der Waals surface area contributed by atoms with Crippen LogP contribution in [0, 0.1) is 22.7 Å². The highest BCUT2D eigenvalue weighted by atomic mass is 35.5. The largest absolute Gasteiger partial charge is 0.379 e. The number of nitrogens with one attached hydrogen (secondary N) is 2. The minimum Gasteiger partial charge on any atom is -0.379 e. The highest BCUT2D eigenvalue weighted by Gasteiger charge is 2.60. The van der Waals surface area contributed by atoms with E-state index >= 15 is 0 Å². The number of alkyl halides is 2. The van der Waals surface area contributed by atoms with Crippen molar-refractivity contribution in [3.05, 3.63) is 58.4 Å². The molecule has 3 aliphatic rings. The summed E-state index contributed by atoms with van der Waals surface area (Å²) in [6.07, 6.45) is 2.39. The SMILES string of the molecule is [2H]C([2H])(c1cc(Cl)ccc1NCc1ccc(C#N)cn1)N1CCN(C(=O)CNC(=O)[C@@H]2CC23CCC(F)(F)CC3)CC1. The highest BCUT2D eigenvalue weighted by Crippen LogP contribution is 2.63. The average Bonchev–Trinajstić information content (AvgIpc) is 3.71. The van der Waals surface area contributed by atoms with E-state index < -0.39 is 12.4 Å². The van der Waals surface area contributed by atoms with E-state index in [0.29, 0.717) is 53.3 Å². The smallest absolute Gasteiger partial charge is 0.248 e. The Kier molecular flexibility index (Phi) is 7.49. The number of hydrogen-bond acceptors (Lipinski definition) is 6. The van der Waals surface area contributed by atoms with Crippen LogP contribution in [0.3, 0.4) is 0 Å². The summed E-state index contributed by atoms with van der Waals surface area (Å²) in [5.74, 6) is -3.45. The minimum absolute atomic E-state index is 0.166. The van der Waals surface area contributed by atoms with Crippen molar-refractivity contribution in [3.63, 3.8) is 0 Å². The van der Waals surface area contributed by atoms with Crippen molar-refractivity contribution in [1.29, 1.82) is 5.26 Å². The molecule has 40 heavy (non-hydrogen) atoms. The molecule has 0 radical (unpaired) electrons. The average molecular weight is 573 g/mol. The molecule has 1 saturated heterocycles. The van der Waals surface area contributed by atoms with E-state index in [1.54, 1.807) is 40.1 Å². The molecule has 2 N–H and O–H groups in total. The lowest BCUT2D eigenvalue weighted by molar-refractivity contribution is -0.135. The highest BCUT2D eigenvalue weighted by molar-refractivity contribution is 6.30. The molecule has 2 amide bonds. The molecule has 1 atom stereocenters. The van der Waals surface area contributed by atoms with Gasteiger partial charge in [0.1, 0.15) is 6.07 Å². The van der Waals surface area contributed by atoms with Gasteiger partial charge in [-0.15, -0.1) is 0 Å². The van der Waals surface area contributed by atoms with Crippen LogP contribution in [0.5, 0.6) is 0 Å². The Hall–Kier alpha value is -3.29. The van der Waals surface area contributed by atoms with Crippen molar-refractivity contribution >= 4 is 29.1 Å². The van der Waals surface area contributed by atoms with Crippen LogP contribution < -0.4 is 10.6 Å². The first-order chi connectivity index (χ1) is 19.9. The van der Waals surface area contributed by atoms with Crippen molar-refractivity contribution in [1.82, 2.24) is 20.1 Å². The fourth-order valence-corrected chi connectivity index (χ4v) is 5.74. The fraction of sp³-hybridized carbons (Fsp3) is 0.517. The van der Waals surface area contributed by atoms with Crippen LogP contribution in [0.4, 0.5) is 14.5 Å². The van der Waals surface area contributed by atoms with Crippen molar-refractivity contribution in [3.8, 4) is 6.07 Å². The van der Waals surface area contributed by atoms with Crippen LogP contribution in [0.25, 0.3) is 0 Å². The van der Waals surface area contributed by atoms with Crippen molar-refractivity contribution in [2.45, 2.75) is 51.1 Å². The molecule has 2 saturated carbocycles. The summed E-state index contributed by atoms with van der Waals surface area (Å²) in [5, 5.41) is 15.3. The van der Waals surface area contributed by atoms with Gasteiger partial charge in [0.05, 0.1) is 24.3 Å². The molecule has 11 heteroatoms. The molecule has 1 aliphatic heterocycles. The molecule has 1 spiro atoms. The lowest BCUT2D eigenvalue weighted by Crippen LogP contribution is -2.51. The van der Waals surface area contributed by atoms with E-state index in [-0.39, 0.29) is 68.7 Å². The van der Waals surface area contributed by atoms with Gasteiger partial charge in [-0.3, -0.25) is 19.5 Å². The van der Waals surface area contributed by atoms with E-state index in [9.17, 15) is 18.4 Å². The maximum absolute atomic E-state index is 13.5. The normalized spacial score (nSPS) is 22.6. The third-order valence-electron chi connectivity index (χ3n) is 8.20. The van der Waals surface area contributed by atoms with Crippen LogP contribution in [0.15, 0.2) is 36.5 Å². The summed E-state index contributed by atoms with van der Waals surface area (Å²) >= 11 is 6.25. The summed E-state index contributed by atoms with van der Waals surface area (Å²) < 4.78 is 45.0. The Morgan fingerprint density at radius 2 is 1.90 bits per heavy atom. The molecular weight excluding hydrogens is 538 g/mol. The number of anilines is 1. The first kappa shape index (κ1) is 25.7. The van der Waals surface area contributed by atoms with Crippen LogP contribution in [-0.4, -0.2) is 65.2 Å². The number of pyridine rings is 1. The zero-order valence-electron chi connectivity index (χ0n) is 24.1. The molecule has 2 aliphatic carbocycles. The maximum Gasteiger partial charge on any atom is 0.248 e. The zero-order valence-corrected chi connectivity index (χ0v) is 22.8. The van der Waals surface area contributed by atoms with E-state index in [2.05, 4.69) is 15.6 Å². The van der Waals surface area contributed by atoms with Crippen molar-refractivity contribution in [2.24, 2.45) is 11.3 Å². The summed E-state index contributed by atoms with van der Waals surface area (Å²) in [4.78, 5) is 33.0. The van der Waals surface area contributed by atoms with E-state index in [4.69, 9.17) is 19.6 Å². The van der Waals surface area contributed by atoms with Gasteiger partial charge in [-0.25, -0.2) is 8.78 Å². The number of carbonyl (C=O) groups excluding carboxylic acids is 2. The van der Waals surface area contributed by atoms with Gasteiger partial charge in [0, 0.05) is 71.1 Å². The predicted molar refractivity (Wildman–Crippen MR) is 147 cm³/mol. The van der Waals surface area contributed by atoms with Gasteiger partial charge in [-0.1, -0.05) is 11.6 Å². The summed E-state index contributed by atoms with van der Waals surface area (Å²) in [6, 6.07) is 10.4. The maximum atomic E-state index is 13.5. The lowest BCUT2D eigenvalue weighted by atomic mass is 9.82. The Morgan fingerprint density at radius 1 is 1.15 bits per heavy atom. The second kappa shape index (κ2) is 11.7. The van der Waals surface area contributed by atoms with Gasteiger partial charge in [0.25, 0.3) is 0 Å².